The first kappa shape index (κ1) is 16.2. The van der Waals surface area contributed by atoms with E-state index in [1.165, 1.54) is 0 Å². The minimum atomic E-state index is 0.0295. The summed E-state index contributed by atoms with van der Waals surface area (Å²) in [5.74, 6) is 0.224. The second kappa shape index (κ2) is 6.34. The largest absolute Gasteiger partial charge is 0.368 e. The number of rotatable bonds is 3. The molecule has 1 atom stereocenters. The topological polar surface area (TPSA) is 108 Å². The molecule has 4 aromatic heterocycles. The lowest BCUT2D eigenvalue weighted by Gasteiger charge is -2.15. The van der Waals surface area contributed by atoms with E-state index in [1.54, 1.807) is 31.1 Å². The molecule has 0 spiro atoms. The molecule has 0 aliphatic carbocycles. The van der Waals surface area contributed by atoms with Crippen LogP contribution in [0, 0.1) is 0 Å². The molecule has 0 saturated heterocycles. The molecule has 0 saturated carbocycles. The quantitative estimate of drug-likeness (QED) is 0.521. The zero-order valence-electron chi connectivity index (χ0n) is 15.1. The van der Waals surface area contributed by atoms with Gasteiger partial charge in [0.05, 0.1) is 29.8 Å². The van der Waals surface area contributed by atoms with Crippen molar-refractivity contribution in [3.05, 3.63) is 67.0 Å². The van der Waals surface area contributed by atoms with Crippen LogP contribution in [0.5, 0.6) is 0 Å². The van der Waals surface area contributed by atoms with Gasteiger partial charge in [-0.05, 0) is 30.7 Å². The summed E-state index contributed by atoms with van der Waals surface area (Å²) in [5, 5.41) is 1.10. The number of nitrogens with zero attached hydrogens (tertiary/aromatic N) is 7. The van der Waals surface area contributed by atoms with Gasteiger partial charge >= 0.3 is 0 Å². The molecule has 0 aliphatic heterocycles. The fourth-order valence-corrected chi connectivity index (χ4v) is 3.22. The van der Waals surface area contributed by atoms with Crippen LogP contribution >= 0.6 is 0 Å². The molecule has 2 N–H and O–H groups in total. The molecular formula is C20H16N8. The number of anilines is 1. The molecule has 0 aliphatic rings. The van der Waals surface area contributed by atoms with E-state index in [2.05, 4.69) is 50.0 Å². The molecule has 5 rings (SSSR count). The highest BCUT2D eigenvalue weighted by Crippen LogP contribution is 2.25. The third-order valence-corrected chi connectivity index (χ3v) is 4.78. The molecule has 4 heterocycles. The van der Waals surface area contributed by atoms with Gasteiger partial charge in [0.25, 0.3) is 0 Å². The van der Waals surface area contributed by atoms with E-state index in [0.717, 1.165) is 22.0 Å². The Kier molecular flexibility index (Phi) is 3.68. The maximum atomic E-state index is 5.57. The highest BCUT2D eigenvalue weighted by molar-refractivity contribution is 5.79. The first-order valence-corrected chi connectivity index (χ1v) is 8.81. The van der Waals surface area contributed by atoms with Crippen molar-refractivity contribution in [2.24, 2.45) is 0 Å². The Bertz CT molecular complexity index is 1290. The van der Waals surface area contributed by atoms with Crippen molar-refractivity contribution in [3.63, 3.8) is 0 Å². The molecule has 8 heteroatoms. The fraction of sp³-hybridized carbons (Fsp3) is 0.100. The van der Waals surface area contributed by atoms with Gasteiger partial charge in [-0.25, -0.2) is 24.9 Å². The summed E-state index contributed by atoms with van der Waals surface area (Å²) in [6.07, 6.45) is 8.51. The minimum absolute atomic E-state index is 0.0295. The Morgan fingerprint density at radius 1 is 0.964 bits per heavy atom. The van der Waals surface area contributed by atoms with Gasteiger partial charge in [0.1, 0.15) is 0 Å². The second-order valence-corrected chi connectivity index (χ2v) is 6.52. The van der Waals surface area contributed by atoms with E-state index in [-0.39, 0.29) is 12.0 Å². The van der Waals surface area contributed by atoms with Gasteiger partial charge in [-0.3, -0.25) is 4.98 Å². The highest BCUT2D eigenvalue weighted by atomic mass is 15.2. The Balaban J connectivity index is 1.59. The first-order chi connectivity index (χ1) is 13.7. The maximum absolute atomic E-state index is 5.57. The lowest BCUT2D eigenvalue weighted by atomic mass is 10.1. The Morgan fingerprint density at radius 2 is 1.82 bits per heavy atom. The van der Waals surface area contributed by atoms with Gasteiger partial charge in [0, 0.05) is 29.5 Å². The summed E-state index contributed by atoms with van der Waals surface area (Å²) in [7, 11) is 0. The van der Waals surface area contributed by atoms with Crippen LogP contribution in [0.1, 0.15) is 18.5 Å². The number of hydrogen-bond acceptors (Lipinski definition) is 7. The van der Waals surface area contributed by atoms with Crippen LogP contribution in [0.15, 0.2) is 61.4 Å². The predicted octanol–water partition coefficient (Wildman–Crippen LogP) is 3.02. The van der Waals surface area contributed by atoms with Crippen LogP contribution in [0.2, 0.25) is 0 Å². The summed E-state index contributed by atoms with van der Waals surface area (Å²) in [4.78, 5) is 26.0. The van der Waals surface area contributed by atoms with Crippen molar-refractivity contribution < 1.29 is 0 Å². The number of nitrogens with two attached hydrogens (primary N) is 1. The van der Waals surface area contributed by atoms with Crippen molar-refractivity contribution >= 4 is 28.1 Å². The number of imidazole rings is 1. The molecule has 0 radical (unpaired) electrons. The van der Waals surface area contributed by atoms with E-state index in [9.17, 15) is 0 Å². The maximum Gasteiger partial charge on any atom is 0.219 e. The molecule has 1 unspecified atom stereocenters. The van der Waals surface area contributed by atoms with Crippen molar-refractivity contribution in [2.45, 2.75) is 13.0 Å². The smallest absolute Gasteiger partial charge is 0.219 e. The number of aromatic nitrogens is 7. The highest BCUT2D eigenvalue weighted by Gasteiger charge is 2.15. The fourth-order valence-electron chi connectivity index (χ4n) is 3.22. The van der Waals surface area contributed by atoms with Gasteiger partial charge in [-0.1, -0.05) is 12.1 Å². The molecule has 1 aromatic carbocycles. The number of nitrogen functional groups attached to an aromatic ring is 1. The average Bonchev–Trinajstić information content (AvgIpc) is 3.16. The van der Waals surface area contributed by atoms with Crippen LogP contribution in [-0.4, -0.2) is 34.5 Å². The predicted molar refractivity (Wildman–Crippen MR) is 106 cm³/mol. The van der Waals surface area contributed by atoms with Crippen molar-refractivity contribution in [2.75, 3.05) is 5.73 Å². The molecule has 0 bridgehead atoms. The molecule has 8 nitrogen and oxygen atoms in total. The van der Waals surface area contributed by atoms with Gasteiger partial charge < -0.3 is 10.3 Å². The molecular weight excluding hydrogens is 352 g/mol. The van der Waals surface area contributed by atoms with Crippen molar-refractivity contribution in [1.29, 1.82) is 0 Å². The number of hydrogen-bond donors (Lipinski definition) is 1. The van der Waals surface area contributed by atoms with E-state index < -0.39 is 0 Å². The molecule has 0 fully saturated rings. The van der Waals surface area contributed by atoms with Crippen LogP contribution in [-0.2, 0) is 0 Å². The number of benzene rings is 1. The Morgan fingerprint density at radius 3 is 2.68 bits per heavy atom. The monoisotopic (exact) mass is 368 g/mol. The zero-order chi connectivity index (χ0) is 19.1. The van der Waals surface area contributed by atoms with Crippen molar-refractivity contribution in [3.8, 4) is 11.3 Å². The molecule has 5 aromatic rings. The summed E-state index contributed by atoms with van der Waals surface area (Å²) >= 11 is 0. The van der Waals surface area contributed by atoms with Crippen LogP contribution in [0.25, 0.3) is 33.5 Å². The summed E-state index contributed by atoms with van der Waals surface area (Å²) in [6.45, 7) is 2.11. The lowest BCUT2D eigenvalue weighted by Crippen LogP contribution is -2.07. The number of pyridine rings is 1. The normalized spacial score (nSPS) is 12.5. The lowest BCUT2D eigenvalue weighted by molar-refractivity contribution is 0.653. The van der Waals surface area contributed by atoms with Crippen LogP contribution < -0.4 is 5.73 Å². The minimum Gasteiger partial charge on any atom is -0.368 e. The number of fused-ring (bicyclic) bond motifs is 2. The third kappa shape index (κ3) is 2.71. The van der Waals surface area contributed by atoms with E-state index >= 15 is 0 Å². The Hall–Kier alpha value is -3.94. The van der Waals surface area contributed by atoms with Crippen molar-refractivity contribution in [1.82, 2.24) is 34.5 Å². The van der Waals surface area contributed by atoms with Gasteiger partial charge in [-0.2, -0.15) is 0 Å². The van der Waals surface area contributed by atoms with Gasteiger partial charge in [-0.15, -0.1) is 0 Å². The van der Waals surface area contributed by atoms with E-state index in [1.807, 2.05) is 16.7 Å². The summed E-state index contributed by atoms with van der Waals surface area (Å²) < 4.78 is 2.02. The van der Waals surface area contributed by atoms with Crippen LogP contribution in [0.3, 0.4) is 0 Å². The van der Waals surface area contributed by atoms with Gasteiger partial charge in [0.15, 0.2) is 11.3 Å². The second-order valence-electron chi connectivity index (χ2n) is 6.52. The average molecular weight is 368 g/mol. The van der Waals surface area contributed by atoms with E-state index in [0.29, 0.717) is 17.0 Å². The molecule has 0 amide bonds. The molecule has 28 heavy (non-hydrogen) atoms. The third-order valence-electron chi connectivity index (χ3n) is 4.78. The van der Waals surface area contributed by atoms with Crippen LogP contribution in [0.4, 0.5) is 5.95 Å². The standard InChI is InChI=1S/C20H16N8/c1-12(13-4-5-16-14(7-13)3-2-6-22-16)28-11-26-18-19(28)27-17(10-23-18)15-8-24-20(21)25-9-15/h2-12H,1H3,(H2,21,24,25). The SMILES string of the molecule is CC(c1ccc2ncccc2c1)n1cnc2ncc(-c3cnc(N)nc3)nc21. The molecule has 136 valence electrons. The first-order valence-electron chi connectivity index (χ1n) is 8.81. The summed E-state index contributed by atoms with van der Waals surface area (Å²) in [6, 6.07) is 10.3. The van der Waals surface area contributed by atoms with Gasteiger partial charge in [0.2, 0.25) is 5.95 Å². The summed E-state index contributed by atoms with van der Waals surface area (Å²) in [5.41, 5.74) is 10.4. The Labute approximate surface area is 160 Å². The zero-order valence-corrected chi connectivity index (χ0v) is 15.1. The van der Waals surface area contributed by atoms with E-state index in [4.69, 9.17) is 10.7 Å².